The number of hydrogen-bond donors (Lipinski definition) is 0. The van der Waals surface area contributed by atoms with Crippen molar-refractivity contribution in [2.24, 2.45) is 0 Å². The zero-order chi connectivity index (χ0) is 12.4. The minimum absolute atomic E-state index is 0.349. The Morgan fingerprint density at radius 2 is 1.82 bits per heavy atom. The summed E-state index contributed by atoms with van der Waals surface area (Å²) in [6.07, 6.45) is 0. The van der Waals surface area contributed by atoms with Crippen LogP contribution in [0.1, 0.15) is 0 Å². The topological polar surface area (TPSA) is 22.1 Å². The average Bonchev–Trinajstić information content (AvgIpc) is 2.26. The number of benzene rings is 1. The number of pyridine rings is 1. The number of aromatic nitrogens is 1. The van der Waals surface area contributed by atoms with Crippen LogP contribution in [0.3, 0.4) is 0 Å². The van der Waals surface area contributed by atoms with Crippen molar-refractivity contribution in [3.8, 4) is 11.6 Å². The summed E-state index contributed by atoms with van der Waals surface area (Å²) in [5.74, 6) is 0.785. The van der Waals surface area contributed by atoms with Gasteiger partial charge in [-0.3, -0.25) is 0 Å². The summed E-state index contributed by atoms with van der Waals surface area (Å²) >= 11 is 21.0. The molecule has 0 saturated carbocycles. The fraction of sp³-hybridized carbons (Fsp3) is 0. The first-order valence-corrected chi connectivity index (χ1v) is 6.44. The summed E-state index contributed by atoms with van der Waals surface area (Å²) in [5, 5.41) is 1.29. The highest BCUT2D eigenvalue weighted by atomic mass is 79.9. The Bertz CT molecular complexity index is 562. The maximum Gasteiger partial charge on any atom is 0.220 e. The van der Waals surface area contributed by atoms with E-state index < -0.39 is 0 Å². The predicted octanol–water partition coefficient (Wildman–Crippen LogP) is 5.60. The molecule has 0 N–H and O–H groups in total. The van der Waals surface area contributed by atoms with E-state index in [1.807, 2.05) is 0 Å². The standard InChI is InChI=1S/C11H5BrCl3NO/c12-6-4-8(14)9(5-7(6)13)17-11-3-1-2-10(15)16-11/h1-5H. The number of halogens is 4. The maximum absolute atomic E-state index is 6.02. The smallest absolute Gasteiger partial charge is 0.220 e. The first kappa shape index (κ1) is 13.0. The van der Waals surface area contributed by atoms with Gasteiger partial charge in [-0.05, 0) is 28.1 Å². The molecule has 88 valence electrons. The van der Waals surface area contributed by atoms with Crippen molar-refractivity contribution in [2.75, 3.05) is 0 Å². The molecule has 0 atom stereocenters. The van der Waals surface area contributed by atoms with Gasteiger partial charge in [0.05, 0.1) is 10.0 Å². The Hall–Kier alpha value is -0.480. The van der Waals surface area contributed by atoms with E-state index in [0.717, 1.165) is 0 Å². The zero-order valence-electron chi connectivity index (χ0n) is 8.25. The lowest BCUT2D eigenvalue weighted by Gasteiger charge is -2.08. The van der Waals surface area contributed by atoms with Crippen molar-refractivity contribution >= 4 is 50.7 Å². The van der Waals surface area contributed by atoms with Crippen LogP contribution in [0.5, 0.6) is 11.6 Å². The third-order valence-corrected chi connectivity index (χ3v) is 3.58. The van der Waals surface area contributed by atoms with Gasteiger partial charge in [0, 0.05) is 16.6 Å². The first-order chi connectivity index (χ1) is 8.06. The van der Waals surface area contributed by atoms with Crippen LogP contribution in [0.15, 0.2) is 34.8 Å². The minimum Gasteiger partial charge on any atom is -0.437 e. The van der Waals surface area contributed by atoms with Gasteiger partial charge >= 0.3 is 0 Å². The van der Waals surface area contributed by atoms with Crippen LogP contribution in [0.2, 0.25) is 15.2 Å². The zero-order valence-corrected chi connectivity index (χ0v) is 12.1. The fourth-order valence-corrected chi connectivity index (χ4v) is 2.13. The second-order valence-corrected chi connectivity index (χ2v) is 5.15. The highest BCUT2D eigenvalue weighted by Gasteiger charge is 2.08. The summed E-state index contributed by atoms with van der Waals surface area (Å²) in [6, 6.07) is 8.34. The summed E-state index contributed by atoms with van der Waals surface area (Å²) < 4.78 is 6.20. The molecular weight excluding hydrogens is 348 g/mol. The van der Waals surface area contributed by atoms with E-state index in [2.05, 4.69) is 20.9 Å². The molecule has 17 heavy (non-hydrogen) atoms. The normalized spacial score (nSPS) is 10.4. The van der Waals surface area contributed by atoms with E-state index in [4.69, 9.17) is 39.5 Å². The lowest BCUT2D eigenvalue weighted by molar-refractivity contribution is 0.463. The molecule has 0 spiro atoms. The molecule has 1 heterocycles. The van der Waals surface area contributed by atoms with E-state index in [0.29, 0.717) is 31.3 Å². The molecule has 6 heteroatoms. The van der Waals surface area contributed by atoms with Crippen LogP contribution in [-0.4, -0.2) is 4.98 Å². The van der Waals surface area contributed by atoms with Gasteiger partial charge in [0.25, 0.3) is 0 Å². The van der Waals surface area contributed by atoms with Crippen LogP contribution >= 0.6 is 50.7 Å². The molecule has 2 aromatic rings. The van der Waals surface area contributed by atoms with E-state index in [-0.39, 0.29) is 0 Å². The van der Waals surface area contributed by atoms with Gasteiger partial charge in [0.15, 0.2) is 0 Å². The second-order valence-electron chi connectivity index (χ2n) is 3.10. The molecule has 1 aromatic heterocycles. The van der Waals surface area contributed by atoms with Crippen molar-refractivity contribution in [2.45, 2.75) is 0 Å². The molecule has 0 bridgehead atoms. The Kier molecular flexibility index (Phi) is 4.15. The predicted molar refractivity (Wildman–Crippen MR) is 73.5 cm³/mol. The molecule has 0 aliphatic carbocycles. The van der Waals surface area contributed by atoms with Gasteiger partial charge in [-0.15, -0.1) is 0 Å². The Balaban J connectivity index is 2.33. The number of nitrogens with zero attached hydrogens (tertiary/aromatic N) is 1. The van der Waals surface area contributed by atoms with Gasteiger partial charge < -0.3 is 4.74 Å². The van der Waals surface area contributed by atoms with Crippen LogP contribution in [0.25, 0.3) is 0 Å². The molecule has 2 nitrogen and oxygen atoms in total. The summed E-state index contributed by atoms with van der Waals surface area (Å²) in [6.45, 7) is 0. The third kappa shape index (κ3) is 3.26. The van der Waals surface area contributed by atoms with Gasteiger partial charge in [-0.2, -0.15) is 0 Å². The van der Waals surface area contributed by atoms with E-state index in [9.17, 15) is 0 Å². The average molecular weight is 353 g/mol. The van der Waals surface area contributed by atoms with Crippen molar-refractivity contribution in [3.05, 3.63) is 50.0 Å². The maximum atomic E-state index is 6.02. The van der Waals surface area contributed by atoms with Crippen molar-refractivity contribution in [1.82, 2.24) is 4.98 Å². The molecule has 0 aliphatic heterocycles. The van der Waals surface area contributed by atoms with Crippen molar-refractivity contribution < 1.29 is 4.74 Å². The lowest BCUT2D eigenvalue weighted by Crippen LogP contribution is -1.89. The van der Waals surface area contributed by atoms with Gasteiger partial charge in [0.2, 0.25) is 5.88 Å². The quantitative estimate of drug-likeness (QED) is 0.518. The number of ether oxygens (including phenoxy) is 1. The molecule has 1 aromatic carbocycles. The molecule has 0 aliphatic rings. The first-order valence-electron chi connectivity index (χ1n) is 4.51. The summed E-state index contributed by atoms with van der Waals surface area (Å²) in [7, 11) is 0. The van der Waals surface area contributed by atoms with E-state index in [1.54, 1.807) is 30.3 Å². The van der Waals surface area contributed by atoms with Crippen LogP contribution < -0.4 is 4.74 Å². The SMILES string of the molecule is Clc1cccc(Oc2cc(Cl)c(Br)cc2Cl)n1. The fourth-order valence-electron chi connectivity index (χ4n) is 1.14. The molecule has 0 unspecified atom stereocenters. The molecule has 0 saturated heterocycles. The number of rotatable bonds is 2. The molecule has 0 amide bonds. The lowest BCUT2D eigenvalue weighted by atomic mass is 10.3. The second kappa shape index (κ2) is 5.44. The summed E-state index contributed by atoms with van der Waals surface area (Å²) in [5.41, 5.74) is 0. The molecule has 0 fully saturated rings. The Morgan fingerprint density at radius 3 is 2.53 bits per heavy atom. The van der Waals surface area contributed by atoms with Crippen LogP contribution in [0.4, 0.5) is 0 Å². The highest BCUT2D eigenvalue weighted by molar-refractivity contribution is 9.10. The van der Waals surface area contributed by atoms with Gasteiger partial charge in [-0.25, -0.2) is 4.98 Å². The van der Waals surface area contributed by atoms with Crippen molar-refractivity contribution in [3.63, 3.8) is 0 Å². The number of hydrogen-bond acceptors (Lipinski definition) is 2. The molecule has 2 rings (SSSR count). The Morgan fingerprint density at radius 1 is 1.06 bits per heavy atom. The summed E-state index contributed by atoms with van der Waals surface area (Å²) in [4.78, 5) is 3.99. The van der Waals surface area contributed by atoms with Gasteiger partial charge in [-0.1, -0.05) is 40.9 Å². The monoisotopic (exact) mass is 351 g/mol. The third-order valence-electron chi connectivity index (χ3n) is 1.88. The van der Waals surface area contributed by atoms with Crippen molar-refractivity contribution in [1.29, 1.82) is 0 Å². The highest BCUT2D eigenvalue weighted by Crippen LogP contribution is 2.36. The Labute approximate surface area is 122 Å². The van der Waals surface area contributed by atoms with E-state index >= 15 is 0 Å². The molecule has 0 radical (unpaired) electrons. The minimum atomic E-state index is 0.349. The molecular formula is C11H5BrCl3NO. The van der Waals surface area contributed by atoms with E-state index in [1.165, 1.54) is 0 Å². The van der Waals surface area contributed by atoms with Crippen LogP contribution in [-0.2, 0) is 0 Å². The van der Waals surface area contributed by atoms with Crippen LogP contribution in [0, 0.1) is 0 Å². The van der Waals surface area contributed by atoms with Gasteiger partial charge in [0.1, 0.15) is 10.9 Å². The largest absolute Gasteiger partial charge is 0.437 e.